The Morgan fingerprint density at radius 3 is 2.79 bits per heavy atom. The van der Waals surface area contributed by atoms with Crippen LogP contribution in [0.3, 0.4) is 0 Å². The monoisotopic (exact) mass is 264 g/mol. The maximum atomic E-state index is 10.9. The molecule has 0 radical (unpaired) electrons. The minimum Gasteiger partial charge on any atom is -0.481 e. The molecule has 0 bridgehead atoms. The van der Waals surface area contributed by atoms with E-state index in [1.807, 2.05) is 0 Å². The molecule has 1 aromatic carbocycles. The Hall–Kier alpha value is -2.11. The van der Waals surface area contributed by atoms with Crippen LogP contribution in [0.1, 0.15) is 30.9 Å². The zero-order chi connectivity index (χ0) is 14.0. The number of nitrogens with zero attached hydrogens (tertiary/aromatic N) is 1. The first-order valence-electron chi connectivity index (χ1n) is 6.26. The third-order valence-electron chi connectivity index (χ3n) is 3.34. The average Bonchev–Trinajstić information content (AvgIpc) is 2.76. The number of carboxylic acid groups (broad SMARTS) is 1. The SMILES string of the molecule is C[C@@H](CC(=O)O)Nc1ccc([N+](=O)[O-])c2c1CCC2. The van der Waals surface area contributed by atoms with E-state index in [0.717, 1.165) is 29.7 Å². The Balaban J connectivity index is 2.26. The molecule has 0 spiro atoms. The zero-order valence-electron chi connectivity index (χ0n) is 10.7. The average molecular weight is 264 g/mol. The van der Waals surface area contributed by atoms with Gasteiger partial charge < -0.3 is 10.4 Å². The maximum absolute atomic E-state index is 10.9. The lowest BCUT2D eigenvalue weighted by atomic mass is 10.1. The number of aliphatic carboxylic acids is 1. The summed E-state index contributed by atoms with van der Waals surface area (Å²) in [5.41, 5.74) is 2.75. The van der Waals surface area contributed by atoms with Gasteiger partial charge in [0.15, 0.2) is 0 Å². The molecule has 0 saturated carbocycles. The van der Waals surface area contributed by atoms with Gasteiger partial charge in [-0.2, -0.15) is 0 Å². The summed E-state index contributed by atoms with van der Waals surface area (Å²) in [5.74, 6) is -0.862. The van der Waals surface area contributed by atoms with Crippen LogP contribution in [-0.4, -0.2) is 22.0 Å². The van der Waals surface area contributed by atoms with E-state index in [4.69, 9.17) is 5.11 Å². The number of carboxylic acids is 1. The molecular formula is C13H16N2O4. The van der Waals surface area contributed by atoms with Crippen LogP contribution in [0.2, 0.25) is 0 Å². The second kappa shape index (κ2) is 5.26. The number of benzene rings is 1. The predicted octanol–water partition coefficient (Wildman–Crippen LogP) is 2.36. The van der Waals surface area contributed by atoms with E-state index in [1.165, 1.54) is 6.07 Å². The largest absolute Gasteiger partial charge is 0.481 e. The number of nitro groups is 1. The summed E-state index contributed by atoms with van der Waals surface area (Å²) in [6.45, 7) is 1.79. The fourth-order valence-corrected chi connectivity index (χ4v) is 2.57. The standard InChI is InChI=1S/C13H16N2O4/c1-8(7-13(16)17)14-11-5-6-12(15(18)19)10-4-2-3-9(10)11/h5-6,8,14H,2-4,7H2,1H3,(H,16,17)/t8-/m0/s1. The van der Waals surface area contributed by atoms with E-state index in [2.05, 4.69) is 5.32 Å². The van der Waals surface area contributed by atoms with Gasteiger partial charge in [-0.05, 0) is 37.8 Å². The van der Waals surface area contributed by atoms with E-state index in [-0.39, 0.29) is 23.1 Å². The highest BCUT2D eigenvalue weighted by molar-refractivity contribution is 5.69. The van der Waals surface area contributed by atoms with Crippen molar-refractivity contribution in [3.63, 3.8) is 0 Å². The molecule has 0 fully saturated rings. The molecule has 19 heavy (non-hydrogen) atoms. The van der Waals surface area contributed by atoms with Crippen molar-refractivity contribution in [2.45, 2.75) is 38.6 Å². The Labute approximate surface area is 110 Å². The first kappa shape index (κ1) is 13.3. The van der Waals surface area contributed by atoms with Crippen LogP contribution < -0.4 is 5.32 Å². The molecule has 102 valence electrons. The number of hydrogen-bond donors (Lipinski definition) is 2. The van der Waals surface area contributed by atoms with Crippen LogP contribution in [0.4, 0.5) is 11.4 Å². The Morgan fingerprint density at radius 1 is 1.47 bits per heavy atom. The van der Waals surface area contributed by atoms with E-state index in [0.29, 0.717) is 6.42 Å². The predicted molar refractivity (Wildman–Crippen MR) is 70.5 cm³/mol. The number of nitro benzene ring substituents is 1. The second-order valence-electron chi connectivity index (χ2n) is 4.84. The van der Waals surface area contributed by atoms with E-state index in [1.54, 1.807) is 13.0 Å². The summed E-state index contributed by atoms with van der Waals surface area (Å²) in [7, 11) is 0. The molecule has 0 aliphatic heterocycles. The van der Waals surface area contributed by atoms with Gasteiger partial charge in [0.1, 0.15) is 0 Å². The molecule has 0 aromatic heterocycles. The van der Waals surface area contributed by atoms with Gasteiger partial charge in [-0.15, -0.1) is 0 Å². The lowest BCUT2D eigenvalue weighted by molar-refractivity contribution is -0.385. The summed E-state index contributed by atoms with van der Waals surface area (Å²) in [6.07, 6.45) is 2.45. The molecule has 0 heterocycles. The molecule has 0 saturated heterocycles. The molecule has 2 rings (SSSR count). The maximum Gasteiger partial charge on any atom is 0.305 e. The first-order valence-corrected chi connectivity index (χ1v) is 6.26. The van der Waals surface area contributed by atoms with Gasteiger partial charge in [0.2, 0.25) is 0 Å². The topological polar surface area (TPSA) is 92.5 Å². The Kier molecular flexibility index (Phi) is 3.69. The van der Waals surface area contributed by atoms with Crippen molar-refractivity contribution in [2.75, 3.05) is 5.32 Å². The lowest BCUT2D eigenvalue weighted by Gasteiger charge is -2.16. The summed E-state index contributed by atoms with van der Waals surface area (Å²) in [5, 5.41) is 22.8. The summed E-state index contributed by atoms with van der Waals surface area (Å²) in [4.78, 5) is 21.2. The van der Waals surface area contributed by atoms with Crippen LogP contribution >= 0.6 is 0 Å². The number of rotatable bonds is 5. The highest BCUT2D eigenvalue weighted by Crippen LogP contribution is 2.35. The summed E-state index contributed by atoms with van der Waals surface area (Å²) < 4.78 is 0. The van der Waals surface area contributed by atoms with Crippen LogP contribution in [0.5, 0.6) is 0 Å². The van der Waals surface area contributed by atoms with Crippen molar-refractivity contribution < 1.29 is 14.8 Å². The number of hydrogen-bond acceptors (Lipinski definition) is 4. The molecule has 2 N–H and O–H groups in total. The third-order valence-corrected chi connectivity index (χ3v) is 3.34. The Morgan fingerprint density at radius 2 is 2.16 bits per heavy atom. The summed E-state index contributed by atoms with van der Waals surface area (Å²) in [6, 6.07) is 2.98. The normalized spacial score (nSPS) is 14.8. The van der Waals surface area contributed by atoms with Crippen LogP contribution in [0, 0.1) is 10.1 Å². The van der Waals surface area contributed by atoms with Crippen LogP contribution in [-0.2, 0) is 17.6 Å². The molecule has 1 aromatic rings. The van der Waals surface area contributed by atoms with Gasteiger partial charge in [-0.1, -0.05) is 0 Å². The van der Waals surface area contributed by atoms with Gasteiger partial charge in [0.05, 0.1) is 11.3 Å². The fraction of sp³-hybridized carbons (Fsp3) is 0.462. The minimum absolute atomic E-state index is 0.0196. The van der Waals surface area contributed by atoms with Crippen molar-refractivity contribution in [3.8, 4) is 0 Å². The molecule has 1 atom stereocenters. The lowest BCUT2D eigenvalue weighted by Crippen LogP contribution is -2.20. The molecular weight excluding hydrogens is 248 g/mol. The van der Waals surface area contributed by atoms with Gasteiger partial charge in [0, 0.05) is 23.4 Å². The summed E-state index contributed by atoms with van der Waals surface area (Å²) >= 11 is 0. The molecule has 6 nitrogen and oxygen atoms in total. The molecule has 0 amide bonds. The zero-order valence-corrected chi connectivity index (χ0v) is 10.7. The van der Waals surface area contributed by atoms with Crippen molar-refractivity contribution in [1.29, 1.82) is 0 Å². The second-order valence-corrected chi connectivity index (χ2v) is 4.84. The smallest absolute Gasteiger partial charge is 0.305 e. The van der Waals surface area contributed by atoms with Crippen LogP contribution in [0.15, 0.2) is 12.1 Å². The third kappa shape index (κ3) is 2.83. The Bertz CT molecular complexity index is 528. The molecule has 0 unspecified atom stereocenters. The van der Waals surface area contributed by atoms with Gasteiger partial charge >= 0.3 is 5.97 Å². The van der Waals surface area contributed by atoms with Crippen molar-refractivity contribution in [1.82, 2.24) is 0 Å². The first-order chi connectivity index (χ1) is 8.99. The molecule has 6 heteroatoms. The van der Waals surface area contributed by atoms with Crippen molar-refractivity contribution in [2.24, 2.45) is 0 Å². The van der Waals surface area contributed by atoms with E-state index >= 15 is 0 Å². The van der Waals surface area contributed by atoms with Gasteiger partial charge in [-0.3, -0.25) is 14.9 Å². The quantitative estimate of drug-likeness (QED) is 0.629. The molecule has 1 aliphatic carbocycles. The number of nitrogens with one attached hydrogen (secondary N) is 1. The number of anilines is 1. The van der Waals surface area contributed by atoms with Crippen molar-refractivity contribution in [3.05, 3.63) is 33.4 Å². The van der Waals surface area contributed by atoms with E-state index < -0.39 is 5.97 Å². The van der Waals surface area contributed by atoms with E-state index in [9.17, 15) is 14.9 Å². The van der Waals surface area contributed by atoms with Gasteiger partial charge in [-0.25, -0.2) is 0 Å². The number of carbonyl (C=O) groups is 1. The fourth-order valence-electron chi connectivity index (χ4n) is 2.57. The van der Waals surface area contributed by atoms with Gasteiger partial charge in [0.25, 0.3) is 5.69 Å². The highest BCUT2D eigenvalue weighted by Gasteiger charge is 2.25. The van der Waals surface area contributed by atoms with Crippen molar-refractivity contribution >= 4 is 17.3 Å². The minimum atomic E-state index is -0.862. The highest BCUT2D eigenvalue weighted by atomic mass is 16.6. The number of fused-ring (bicyclic) bond motifs is 1. The van der Waals surface area contributed by atoms with Crippen LogP contribution in [0.25, 0.3) is 0 Å². The molecule has 1 aliphatic rings.